The van der Waals surface area contributed by atoms with Gasteiger partial charge in [0, 0.05) is 17.8 Å². The number of fused-ring (bicyclic) bond motifs is 1. The van der Waals surface area contributed by atoms with E-state index in [1.54, 1.807) is 0 Å². The Hall–Kier alpha value is -1.72. The number of hydrogen-bond donors (Lipinski definition) is 2. The summed E-state index contributed by atoms with van der Waals surface area (Å²) in [7, 11) is 0. The van der Waals surface area contributed by atoms with Gasteiger partial charge in [0.2, 0.25) is 0 Å². The number of nitrogens with one attached hydrogen (secondary N) is 1. The molecule has 20 heavy (non-hydrogen) atoms. The average molecular weight is 287 g/mol. The molecule has 0 saturated carbocycles. The van der Waals surface area contributed by atoms with Crippen LogP contribution in [-0.2, 0) is 19.3 Å². The van der Waals surface area contributed by atoms with E-state index in [2.05, 4.69) is 22.4 Å². The van der Waals surface area contributed by atoms with Gasteiger partial charge in [0.05, 0.1) is 5.01 Å². The number of aromatic nitrogens is 1. The molecular formula is C15H17N3OS. The first-order chi connectivity index (χ1) is 9.76. The number of amides is 1. The molecular weight excluding hydrogens is 270 g/mol. The first-order valence-corrected chi connectivity index (χ1v) is 7.66. The van der Waals surface area contributed by atoms with Crippen LogP contribution in [0.2, 0.25) is 0 Å². The summed E-state index contributed by atoms with van der Waals surface area (Å²) < 4.78 is 0. The molecule has 1 heterocycles. The first-order valence-electron chi connectivity index (χ1n) is 6.78. The summed E-state index contributed by atoms with van der Waals surface area (Å²) in [5.41, 5.74) is 8.67. The van der Waals surface area contributed by atoms with Gasteiger partial charge in [0.25, 0.3) is 5.91 Å². The van der Waals surface area contributed by atoms with Crippen LogP contribution in [0.1, 0.15) is 26.6 Å². The highest BCUT2D eigenvalue weighted by molar-refractivity contribution is 7.09. The molecule has 3 rings (SSSR count). The van der Waals surface area contributed by atoms with Crippen molar-refractivity contribution in [1.82, 2.24) is 10.3 Å². The normalized spacial score (nSPS) is 14.2. The predicted octanol–water partition coefficient (Wildman–Crippen LogP) is 1.54. The second-order valence-corrected chi connectivity index (χ2v) is 5.96. The van der Waals surface area contributed by atoms with E-state index in [0.29, 0.717) is 12.2 Å². The van der Waals surface area contributed by atoms with Crippen molar-refractivity contribution < 1.29 is 4.79 Å². The maximum Gasteiger partial charge on any atom is 0.270 e. The summed E-state index contributed by atoms with van der Waals surface area (Å²) in [4.78, 5) is 16.5. The number of nitrogens with zero attached hydrogens (tertiary/aromatic N) is 1. The van der Waals surface area contributed by atoms with Gasteiger partial charge in [-0.1, -0.05) is 24.3 Å². The smallest absolute Gasteiger partial charge is 0.270 e. The molecule has 1 aromatic heterocycles. The summed E-state index contributed by atoms with van der Waals surface area (Å²) in [5, 5.41) is 5.80. The molecule has 0 saturated heterocycles. The lowest BCUT2D eigenvalue weighted by molar-refractivity contribution is 0.0934. The maximum absolute atomic E-state index is 12.2. The SMILES string of the molecule is NCCc1nc(C(=O)NC2Cc3ccccc3C2)cs1. The summed E-state index contributed by atoms with van der Waals surface area (Å²) >= 11 is 1.50. The highest BCUT2D eigenvalue weighted by Crippen LogP contribution is 2.22. The summed E-state index contributed by atoms with van der Waals surface area (Å²) in [6.07, 6.45) is 2.54. The van der Waals surface area contributed by atoms with Crippen LogP contribution in [0, 0.1) is 0 Å². The van der Waals surface area contributed by atoms with Gasteiger partial charge in [-0.05, 0) is 30.5 Å². The van der Waals surface area contributed by atoms with Crippen molar-refractivity contribution in [2.45, 2.75) is 25.3 Å². The van der Waals surface area contributed by atoms with Gasteiger partial charge in [-0.2, -0.15) is 0 Å². The number of nitrogens with two attached hydrogens (primary N) is 1. The van der Waals surface area contributed by atoms with Crippen molar-refractivity contribution in [3.63, 3.8) is 0 Å². The number of carbonyl (C=O) groups excluding carboxylic acids is 1. The summed E-state index contributed by atoms with van der Waals surface area (Å²) in [5.74, 6) is -0.0812. The number of hydrogen-bond acceptors (Lipinski definition) is 4. The average Bonchev–Trinajstić information content (AvgIpc) is 3.04. The van der Waals surface area contributed by atoms with E-state index >= 15 is 0 Å². The fraction of sp³-hybridized carbons (Fsp3) is 0.333. The zero-order valence-corrected chi connectivity index (χ0v) is 12.0. The highest BCUT2D eigenvalue weighted by Gasteiger charge is 2.23. The van der Waals surface area contributed by atoms with Crippen molar-refractivity contribution >= 4 is 17.2 Å². The van der Waals surface area contributed by atoms with Gasteiger partial charge in [-0.25, -0.2) is 4.98 Å². The van der Waals surface area contributed by atoms with E-state index in [0.717, 1.165) is 24.3 Å². The molecule has 1 aliphatic carbocycles. The van der Waals surface area contributed by atoms with E-state index in [4.69, 9.17) is 5.73 Å². The Morgan fingerprint density at radius 1 is 1.35 bits per heavy atom. The summed E-state index contributed by atoms with van der Waals surface area (Å²) in [6, 6.07) is 8.53. The minimum absolute atomic E-state index is 0.0812. The zero-order valence-electron chi connectivity index (χ0n) is 11.1. The lowest BCUT2D eigenvalue weighted by atomic mass is 10.1. The number of thiazole rings is 1. The van der Waals surface area contributed by atoms with Gasteiger partial charge in [0.1, 0.15) is 5.69 Å². The standard InChI is InChI=1S/C15H17N3OS/c16-6-5-14-18-13(9-20-14)15(19)17-12-7-10-3-1-2-4-11(10)8-12/h1-4,9,12H,5-8,16H2,(H,17,19). The molecule has 1 aromatic carbocycles. The van der Waals surface area contributed by atoms with Crippen LogP contribution in [0.3, 0.4) is 0 Å². The Balaban J connectivity index is 1.62. The molecule has 0 spiro atoms. The second-order valence-electron chi connectivity index (χ2n) is 5.01. The quantitative estimate of drug-likeness (QED) is 0.896. The Labute approximate surface area is 122 Å². The molecule has 0 fully saturated rings. The third kappa shape index (κ3) is 2.73. The largest absolute Gasteiger partial charge is 0.347 e. The van der Waals surface area contributed by atoms with Crippen LogP contribution in [0.15, 0.2) is 29.6 Å². The molecule has 0 bridgehead atoms. The van der Waals surface area contributed by atoms with E-state index in [9.17, 15) is 4.79 Å². The fourth-order valence-electron chi connectivity index (χ4n) is 2.57. The Kier molecular flexibility index (Phi) is 3.80. The van der Waals surface area contributed by atoms with Crippen molar-refractivity contribution in [2.24, 2.45) is 5.73 Å². The molecule has 104 valence electrons. The molecule has 0 atom stereocenters. The van der Waals surface area contributed by atoms with E-state index in [1.807, 2.05) is 17.5 Å². The summed E-state index contributed by atoms with van der Waals surface area (Å²) in [6.45, 7) is 0.562. The van der Waals surface area contributed by atoms with Gasteiger partial charge in [-0.15, -0.1) is 11.3 Å². The van der Waals surface area contributed by atoms with E-state index < -0.39 is 0 Å². The third-order valence-electron chi connectivity index (χ3n) is 3.53. The third-order valence-corrected chi connectivity index (χ3v) is 4.44. The van der Waals surface area contributed by atoms with Crippen LogP contribution >= 0.6 is 11.3 Å². The van der Waals surface area contributed by atoms with E-state index in [-0.39, 0.29) is 11.9 Å². The molecule has 5 heteroatoms. The van der Waals surface area contributed by atoms with Crippen molar-refractivity contribution in [3.8, 4) is 0 Å². The van der Waals surface area contributed by atoms with Crippen LogP contribution in [-0.4, -0.2) is 23.5 Å². The Morgan fingerprint density at radius 2 is 2.05 bits per heavy atom. The predicted molar refractivity (Wildman–Crippen MR) is 80.0 cm³/mol. The molecule has 0 aliphatic heterocycles. The molecule has 1 aliphatic rings. The molecule has 0 unspecified atom stereocenters. The first kappa shape index (κ1) is 13.3. The van der Waals surface area contributed by atoms with Gasteiger partial charge < -0.3 is 11.1 Å². The molecule has 2 aromatic rings. The van der Waals surface area contributed by atoms with Gasteiger partial charge >= 0.3 is 0 Å². The molecule has 4 nitrogen and oxygen atoms in total. The molecule has 3 N–H and O–H groups in total. The van der Waals surface area contributed by atoms with Crippen molar-refractivity contribution in [2.75, 3.05) is 6.54 Å². The second kappa shape index (κ2) is 5.73. The zero-order chi connectivity index (χ0) is 13.9. The monoisotopic (exact) mass is 287 g/mol. The lowest BCUT2D eigenvalue weighted by Gasteiger charge is -2.10. The number of rotatable bonds is 4. The van der Waals surface area contributed by atoms with Crippen molar-refractivity contribution in [1.29, 1.82) is 0 Å². The highest BCUT2D eigenvalue weighted by atomic mass is 32.1. The van der Waals surface area contributed by atoms with Crippen molar-refractivity contribution in [3.05, 3.63) is 51.5 Å². The van der Waals surface area contributed by atoms with Gasteiger partial charge in [-0.3, -0.25) is 4.79 Å². The topological polar surface area (TPSA) is 68.0 Å². The van der Waals surface area contributed by atoms with Crippen LogP contribution in [0.25, 0.3) is 0 Å². The number of carbonyl (C=O) groups is 1. The fourth-order valence-corrected chi connectivity index (χ4v) is 3.37. The Bertz CT molecular complexity index is 598. The maximum atomic E-state index is 12.2. The van der Waals surface area contributed by atoms with Gasteiger partial charge in [0.15, 0.2) is 0 Å². The Morgan fingerprint density at radius 3 is 2.70 bits per heavy atom. The lowest BCUT2D eigenvalue weighted by Crippen LogP contribution is -2.35. The van der Waals surface area contributed by atoms with Crippen LogP contribution in [0.5, 0.6) is 0 Å². The van der Waals surface area contributed by atoms with Crippen LogP contribution in [0.4, 0.5) is 0 Å². The van der Waals surface area contributed by atoms with Crippen LogP contribution < -0.4 is 11.1 Å². The molecule has 0 radical (unpaired) electrons. The van der Waals surface area contributed by atoms with E-state index in [1.165, 1.54) is 22.5 Å². The number of benzene rings is 1. The minimum Gasteiger partial charge on any atom is -0.347 e. The molecule has 1 amide bonds. The minimum atomic E-state index is -0.0812.